The molecular weight excluding hydrogens is 660 g/mol. The standard InChI is InChI=1S/C41H35BrN4O2/c1-28-24-33(42)26-36-38(28)46-39(45-36)37-35(22-23-43-40(37)47)44-27-34(25-29-14-6-2-7-15-29)48-41(30-16-8-3-9-17-30,31-18-10-4-11-19-31)32-20-12-5-13-21-32/h2-24,26,34H,25,27H2,1H3,(H,45,46)(H2,43,44,47). The van der Waals surface area contributed by atoms with Crippen molar-refractivity contribution in [2.24, 2.45) is 0 Å². The highest BCUT2D eigenvalue weighted by atomic mass is 79.9. The van der Waals surface area contributed by atoms with Crippen molar-refractivity contribution >= 4 is 32.7 Å². The minimum absolute atomic E-state index is 0.233. The largest absolute Gasteiger partial charge is 0.382 e. The third kappa shape index (κ3) is 6.35. The number of H-pyrrole nitrogens is 2. The van der Waals surface area contributed by atoms with E-state index in [0.29, 0.717) is 30.0 Å². The number of aromatic amines is 2. The summed E-state index contributed by atoms with van der Waals surface area (Å²) in [5.74, 6) is 0.503. The second-order valence-corrected chi connectivity index (χ2v) is 12.8. The Balaban J connectivity index is 1.32. The minimum atomic E-state index is -0.911. The van der Waals surface area contributed by atoms with E-state index in [1.807, 2.05) is 49.4 Å². The highest BCUT2D eigenvalue weighted by molar-refractivity contribution is 9.10. The number of nitrogens with zero attached hydrogens (tertiary/aromatic N) is 1. The number of fused-ring (bicyclic) bond motifs is 1. The lowest BCUT2D eigenvalue weighted by Gasteiger charge is -2.39. The van der Waals surface area contributed by atoms with Crippen molar-refractivity contribution in [1.82, 2.24) is 15.0 Å². The molecule has 1 unspecified atom stereocenters. The first-order valence-corrected chi connectivity index (χ1v) is 16.8. The van der Waals surface area contributed by atoms with Crippen LogP contribution in [-0.4, -0.2) is 27.6 Å². The van der Waals surface area contributed by atoms with Crippen molar-refractivity contribution in [2.75, 3.05) is 11.9 Å². The average molecular weight is 696 g/mol. The summed E-state index contributed by atoms with van der Waals surface area (Å²) in [5.41, 5.74) is 6.90. The summed E-state index contributed by atoms with van der Waals surface area (Å²) in [5, 5.41) is 3.61. The van der Waals surface area contributed by atoms with Crippen molar-refractivity contribution in [3.8, 4) is 11.4 Å². The van der Waals surface area contributed by atoms with Gasteiger partial charge >= 0.3 is 0 Å². The van der Waals surface area contributed by atoms with Crippen molar-refractivity contribution < 1.29 is 4.74 Å². The van der Waals surface area contributed by atoms with E-state index in [1.165, 1.54) is 0 Å². The van der Waals surface area contributed by atoms with Crippen LogP contribution in [0.5, 0.6) is 0 Å². The molecule has 0 bridgehead atoms. The van der Waals surface area contributed by atoms with Crippen molar-refractivity contribution in [1.29, 1.82) is 0 Å². The Hall–Kier alpha value is -5.24. The lowest BCUT2D eigenvalue weighted by molar-refractivity contribution is -0.0405. The molecule has 5 aromatic carbocycles. The van der Waals surface area contributed by atoms with Crippen LogP contribution in [0.2, 0.25) is 0 Å². The van der Waals surface area contributed by atoms with Gasteiger partial charge in [0, 0.05) is 23.6 Å². The topological polar surface area (TPSA) is 82.8 Å². The third-order valence-electron chi connectivity index (χ3n) is 8.65. The Morgan fingerprint density at radius 3 is 1.94 bits per heavy atom. The second-order valence-electron chi connectivity index (χ2n) is 11.9. The van der Waals surface area contributed by atoms with Crippen LogP contribution in [0, 0.1) is 6.92 Å². The normalized spacial score (nSPS) is 12.2. The molecule has 48 heavy (non-hydrogen) atoms. The van der Waals surface area contributed by atoms with Crippen LogP contribution in [-0.2, 0) is 16.8 Å². The van der Waals surface area contributed by atoms with Gasteiger partial charge in [-0.15, -0.1) is 0 Å². The Bertz CT molecular complexity index is 2090. The van der Waals surface area contributed by atoms with E-state index in [1.54, 1.807) is 6.20 Å². The van der Waals surface area contributed by atoms with Gasteiger partial charge in [0.05, 0.1) is 22.8 Å². The molecule has 2 aromatic heterocycles. The van der Waals surface area contributed by atoms with Crippen molar-refractivity contribution in [3.05, 3.63) is 188 Å². The number of aromatic nitrogens is 3. The van der Waals surface area contributed by atoms with E-state index in [0.717, 1.165) is 43.3 Å². The summed E-state index contributed by atoms with van der Waals surface area (Å²) in [6.07, 6.45) is 1.97. The molecule has 6 nitrogen and oxygen atoms in total. The predicted octanol–water partition coefficient (Wildman–Crippen LogP) is 9.02. The lowest BCUT2D eigenvalue weighted by atomic mass is 9.79. The van der Waals surface area contributed by atoms with Crippen LogP contribution in [0.3, 0.4) is 0 Å². The summed E-state index contributed by atoms with van der Waals surface area (Å²) >= 11 is 3.58. The Labute approximate surface area is 288 Å². The van der Waals surface area contributed by atoms with Gasteiger partial charge in [0.25, 0.3) is 5.56 Å². The first-order chi connectivity index (χ1) is 23.5. The van der Waals surface area contributed by atoms with Gasteiger partial charge in [0.15, 0.2) is 0 Å². The average Bonchev–Trinajstić information content (AvgIpc) is 3.55. The maximum absolute atomic E-state index is 13.4. The number of hydrogen-bond acceptors (Lipinski definition) is 4. The zero-order valence-electron chi connectivity index (χ0n) is 26.5. The Morgan fingerprint density at radius 2 is 1.35 bits per heavy atom. The van der Waals surface area contributed by atoms with Gasteiger partial charge in [-0.05, 0) is 52.9 Å². The molecular formula is C41H35BrN4O2. The van der Waals surface area contributed by atoms with E-state index in [4.69, 9.17) is 9.72 Å². The maximum Gasteiger partial charge on any atom is 0.261 e. The van der Waals surface area contributed by atoms with Crippen LogP contribution in [0.4, 0.5) is 5.69 Å². The number of pyridine rings is 1. The molecule has 238 valence electrons. The predicted molar refractivity (Wildman–Crippen MR) is 197 cm³/mol. The summed E-state index contributed by atoms with van der Waals surface area (Å²) in [6, 6.07) is 47.4. The molecule has 0 saturated carbocycles. The quantitative estimate of drug-likeness (QED) is 0.118. The van der Waals surface area contributed by atoms with Crippen LogP contribution < -0.4 is 10.9 Å². The summed E-state index contributed by atoms with van der Waals surface area (Å²) in [4.78, 5) is 24.5. The van der Waals surface area contributed by atoms with E-state index in [9.17, 15) is 4.79 Å². The van der Waals surface area contributed by atoms with Gasteiger partial charge in [-0.2, -0.15) is 0 Å². The number of nitrogens with one attached hydrogen (secondary N) is 3. The fourth-order valence-corrected chi connectivity index (χ4v) is 7.03. The molecule has 0 aliphatic heterocycles. The van der Waals surface area contributed by atoms with E-state index >= 15 is 0 Å². The SMILES string of the molecule is Cc1cc(Br)cc2[nH]c(-c3c(NCC(Cc4ccccc4)OC(c4ccccc4)(c4ccccc4)c4ccccc4)cc[nH]c3=O)nc12. The molecule has 0 aliphatic carbocycles. The Morgan fingerprint density at radius 1 is 0.792 bits per heavy atom. The summed E-state index contributed by atoms with van der Waals surface area (Å²) in [6.45, 7) is 2.43. The number of anilines is 1. The highest BCUT2D eigenvalue weighted by Crippen LogP contribution is 2.42. The minimum Gasteiger partial charge on any atom is -0.382 e. The van der Waals surface area contributed by atoms with E-state index in [-0.39, 0.29) is 11.7 Å². The number of imidazole rings is 1. The van der Waals surface area contributed by atoms with Crippen LogP contribution >= 0.6 is 15.9 Å². The molecule has 0 aliphatic rings. The molecule has 3 N–H and O–H groups in total. The van der Waals surface area contributed by atoms with Crippen LogP contribution in [0.1, 0.15) is 27.8 Å². The van der Waals surface area contributed by atoms with Gasteiger partial charge in [-0.25, -0.2) is 4.98 Å². The summed E-state index contributed by atoms with van der Waals surface area (Å²) < 4.78 is 8.44. The van der Waals surface area contributed by atoms with Gasteiger partial charge < -0.3 is 20.0 Å². The first kappa shape index (κ1) is 31.4. The number of halogens is 1. The van der Waals surface area contributed by atoms with Gasteiger partial charge in [-0.1, -0.05) is 137 Å². The number of benzene rings is 5. The molecule has 1 atom stereocenters. The van der Waals surface area contributed by atoms with Crippen LogP contribution in [0.25, 0.3) is 22.4 Å². The number of aryl methyl sites for hydroxylation is 1. The molecule has 0 fully saturated rings. The molecule has 2 heterocycles. The van der Waals surface area contributed by atoms with E-state index < -0.39 is 5.60 Å². The maximum atomic E-state index is 13.4. The monoisotopic (exact) mass is 694 g/mol. The molecule has 7 aromatic rings. The van der Waals surface area contributed by atoms with E-state index in [2.05, 4.69) is 128 Å². The van der Waals surface area contributed by atoms with Crippen LogP contribution in [0.15, 0.2) is 155 Å². The molecule has 0 spiro atoms. The zero-order valence-corrected chi connectivity index (χ0v) is 28.1. The third-order valence-corrected chi connectivity index (χ3v) is 9.11. The fourth-order valence-electron chi connectivity index (χ4n) is 6.45. The van der Waals surface area contributed by atoms with Crippen molar-refractivity contribution in [3.63, 3.8) is 0 Å². The van der Waals surface area contributed by atoms with Gasteiger partial charge in [-0.3, -0.25) is 4.79 Å². The number of ether oxygens (including phenoxy) is 1. The van der Waals surface area contributed by atoms with Gasteiger partial charge in [0.2, 0.25) is 0 Å². The highest BCUT2D eigenvalue weighted by Gasteiger charge is 2.40. The molecule has 0 saturated heterocycles. The molecule has 0 radical (unpaired) electrons. The lowest BCUT2D eigenvalue weighted by Crippen LogP contribution is -2.40. The Kier molecular flexibility index (Phi) is 9.05. The van der Waals surface area contributed by atoms with Crippen molar-refractivity contribution in [2.45, 2.75) is 25.0 Å². The number of rotatable bonds is 11. The second kappa shape index (κ2) is 13.9. The zero-order chi connectivity index (χ0) is 32.9. The molecule has 7 rings (SSSR count). The number of hydrogen-bond donors (Lipinski definition) is 3. The fraction of sp³-hybridized carbons (Fsp3) is 0.122. The van der Waals surface area contributed by atoms with Gasteiger partial charge in [0.1, 0.15) is 17.0 Å². The molecule has 7 heteroatoms. The summed E-state index contributed by atoms with van der Waals surface area (Å²) in [7, 11) is 0. The first-order valence-electron chi connectivity index (χ1n) is 16.0. The molecule has 0 amide bonds. The smallest absolute Gasteiger partial charge is 0.261 e.